The van der Waals surface area contributed by atoms with Crippen LogP contribution >= 0.6 is 0 Å². The molecule has 7 heteroatoms. The summed E-state index contributed by atoms with van der Waals surface area (Å²) in [6, 6.07) is 11.8. The molecule has 1 heterocycles. The summed E-state index contributed by atoms with van der Waals surface area (Å²) in [7, 11) is 0. The highest BCUT2D eigenvalue weighted by Gasteiger charge is 2.44. The minimum Gasteiger partial charge on any atom is -0.462 e. The van der Waals surface area contributed by atoms with Crippen molar-refractivity contribution in [2.45, 2.75) is 57.4 Å². The zero-order valence-electron chi connectivity index (χ0n) is 17.2. The molecule has 2 aromatic rings. The Morgan fingerprint density at radius 3 is 2.20 bits per heavy atom. The molecule has 0 radical (unpaired) electrons. The highest BCUT2D eigenvalue weighted by molar-refractivity contribution is 5.46. The van der Waals surface area contributed by atoms with Crippen molar-refractivity contribution in [1.82, 2.24) is 0 Å². The second-order valence-corrected chi connectivity index (χ2v) is 7.84. The van der Waals surface area contributed by atoms with Crippen molar-refractivity contribution >= 4 is 0 Å². The Balaban J connectivity index is 1.86. The maximum Gasteiger partial charge on any atom is 0.229 e. The molecule has 2 aromatic carbocycles. The van der Waals surface area contributed by atoms with Gasteiger partial charge < -0.3 is 35.0 Å². The van der Waals surface area contributed by atoms with Crippen molar-refractivity contribution in [3.8, 4) is 5.75 Å². The van der Waals surface area contributed by atoms with Crippen molar-refractivity contribution in [3.63, 3.8) is 0 Å². The van der Waals surface area contributed by atoms with E-state index in [1.54, 1.807) is 0 Å². The van der Waals surface area contributed by atoms with Crippen molar-refractivity contribution in [2.24, 2.45) is 0 Å². The highest BCUT2D eigenvalue weighted by atomic mass is 16.7. The summed E-state index contributed by atoms with van der Waals surface area (Å²) in [5.41, 5.74) is 5.00. The quantitative estimate of drug-likeness (QED) is 0.447. The van der Waals surface area contributed by atoms with Crippen LogP contribution in [0.15, 0.2) is 36.4 Å². The van der Waals surface area contributed by atoms with Crippen molar-refractivity contribution < 1.29 is 35.0 Å². The van der Waals surface area contributed by atoms with Gasteiger partial charge in [-0.05, 0) is 48.6 Å². The fourth-order valence-corrected chi connectivity index (χ4v) is 3.74. The zero-order valence-corrected chi connectivity index (χ0v) is 17.2. The highest BCUT2D eigenvalue weighted by Crippen LogP contribution is 2.31. The third-order valence-corrected chi connectivity index (χ3v) is 5.47. The molecule has 30 heavy (non-hydrogen) atoms. The molecule has 0 unspecified atom stereocenters. The number of aliphatic hydroxyl groups excluding tert-OH is 5. The average Bonchev–Trinajstić information content (AvgIpc) is 2.72. The van der Waals surface area contributed by atoms with Gasteiger partial charge in [0.25, 0.3) is 0 Å². The van der Waals surface area contributed by atoms with Gasteiger partial charge in [-0.3, -0.25) is 0 Å². The molecule has 1 fully saturated rings. The predicted molar refractivity (Wildman–Crippen MR) is 110 cm³/mol. The van der Waals surface area contributed by atoms with E-state index >= 15 is 0 Å². The SMILES string of the molecule is Cc1cc(C)c(Cc2ccc(CCO)cc2)c(O[C@@H]2O[C@H](CO)[C@@H](O)[C@H](O)[C@H]2O)c1. The molecule has 1 saturated heterocycles. The van der Waals surface area contributed by atoms with E-state index in [1.165, 1.54) is 0 Å². The minimum absolute atomic E-state index is 0.105. The molecule has 0 bridgehead atoms. The standard InChI is InChI=1S/C23H30O7/c1-13-9-14(2)17(11-16-5-3-15(4-6-16)7-8-24)18(10-13)29-23-22(28)21(27)20(26)19(12-25)30-23/h3-6,9-10,19-28H,7-8,11-12H2,1-2H3/t19-,20-,21+,22-,23-/m1/s1. The lowest BCUT2D eigenvalue weighted by atomic mass is 9.96. The number of ether oxygens (including phenoxy) is 2. The first-order valence-corrected chi connectivity index (χ1v) is 10.1. The number of benzene rings is 2. The molecule has 1 aliphatic heterocycles. The fraction of sp³-hybridized carbons (Fsp3) is 0.478. The number of aliphatic hydroxyl groups is 5. The normalized spacial score (nSPS) is 26.6. The first kappa shape index (κ1) is 22.7. The van der Waals surface area contributed by atoms with E-state index in [0.29, 0.717) is 18.6 Å². The molecule has 5 N–H and O–H groups in total. The summed E-state index contributed by atoms with van der Waals surface area (Å²) in [6.45, 7) is 3.50. The summed E-state index contributed by atoms with van der Waals surface area (Å²) >= 11 is 0. The largest absolute Gasteiger partial charge is 0.462 e. The third-order valence-electron chi connectivity index (χ3n) is 5.47. The van der Waals surface area contributed by atoms with Gasteiger partial charge in [0.1, 0.15) is 30.2 Å². The van der Waals surface area contributed by atoms with Crippen molar-refractivity contribution in [3.05, 3.63) is 64.2 Å². The first-order chi connectivity index (χ1) is 14.3. The summed E-state index contributed by atoms with van der Waals surface area (Å²) < 4.78 is 11.5. The second kappa shape index (κ2) is 9.87. The van der Waals surface area contributed by atoms with E-state index in [4.69, 9.17) is 14.6 Å². The lowest BCUT2D eigenvalue weighted by Crippen LogP contribution is -2.60. The van der Waals surface area contributed by atoms with Crippen LogP contribution in [0.1, 0.15) is 27.8 Å². The molecule has 0 saturated carbocycles. The molecule has 0 aromatic heterocycles. The Morgan fingerprint density at radius 1 is 0.900 bits per heavy atom. The van der Waals surface area contributed by atoms with Gasteiger partial charge in [-0.2, -0.15) is 0 Å². The lowest BCUT2D eigenvalue weighted by Gasteiger charge is -2.39. The Labute approximate surface area is 176 Å². The van der Waals surface area contributed by atoms with E-state index in [-0.39, 0.29) is 6.61 Å². The van der Waals surface area contributed by atoms with Crippen LogP contribution in [0, 0.1) is 13.8 Å². The Hall–Kier alpha value is -2.00. The Bertz CT molecular complexity index is 834. The van der Waals surface area contributed by atoms with Crippen molar-refractivity contribution in [1.29, 1.82) is 0 Å². The van der Waals surface area contributed by atoms with Crippen LogP contribution in [0.5, 0.6) is 5.75 Å². The molecule has 3 rings (SSSR count). The van der Waals surface area contributed by atoms with E-state index in [0.717, 1.165) is 27.8 Å². The zero-order chi connectivity index (χ0) is 21.8. The fourth-order valence-electron chi connectivity index (χ4n) is 3.74. The van der Waals surface area contributed by atoms with E-state index in [2.05, 4.69) is 0 Å². The van der Waals surface area contributed by atoms with Crippen LogP contribution in [0.2, 0.25) is 0 Å². The molecule has 0 aliphatic carbocycles. The van der Waals surface area contributed by atoms with Crippen LogP contribution in [-0.2, 0) is 17.6 Å². The number of rotatable bonds is 7. The predicted octanol–water partition coefficient (Wildman–Crippen LogP) is 0.608. The smallest absolute Gasteiger partial charge is 0.229 e. The molecule has 0 spiro atoms. The molecular formula is C23H30O7. The maximum absolute atomic E-state index is 10.3. The van der Waals surface area contributed by atoms with Gasteiger partial charge in [0.2, 0.25) is 6.29 Å². The molecule has 7 nitrogen and oxygen atoms in total. The molecule has 5 atom stereocenters. The van der Waals surface area contributed by atoms with Crippen LogP contribution < -0.4 is 4.74 Å². The van der Waals surface area contributed by atoms with Crippen LogP contribution in [0.4, 0.5) is 0 Å². The van der Waals surface area contributed by atoms with Gasteiger partial charge in [0.15, 0.2) is 0 Å². The van der Waals surface area contributed by atoms with Crippen LogP contribution in [0.3, 0.4) is 0 Å². The van der Waals surface area contributed by atoms with Crippen LogP contribution in [-0.4, -0.2) is 69.5 Å². The van der Waals surface area contributed by atoms with Gasteiger partial charge in [0, 0.05) is 18.6 Å². The molecule has 164 valence electrons. The Morgan fingerprint density at radius 2 is 1.57 bits per heavy atom. The number of aryl methyl sites for hydroxylation is 2. The van der Waals surface area contributed by atoms with Gasteiger partial charge in [-0.15, -0.1) is 0 Å². The summed E-state index contributed by atoms with van der Waals surface area (Å²) in [4.78, 5) is 0. The molecule has 0 amide bonds. The van der Waals surface area contributed by atoms with E-state index in [1.807, 2.05) is 50.2 Å². The minimum atomic E-state index is -1.49. The summed E-state index contributed by atoms with van der Waals surface area (Å²) in [6.07, 6.45) is -5.45. The monoisotopic (exact) mass is 418 g/mol. The van der Waals surface area contributed by atoms with Gasteiger partial charge in [-0.1, -0.05) is 30.3 Å². The first-order valence-electron chi connectivity index (χ1n) is 10.1. The third kappa shape index (κ3) is 5.00. The molecular weight excluding hydrogens is 388 g/mol. The second-order valence-electron chi connectivity index (χ2n) is 7.84. The van der Waals surface area contributed by atoms with Gasteiger partial charge >= 0.3 is 0 Å². The molecule has 1 aliphatic rings. The lowest BCUT2D eigenvalue weighted by molar-refractivity contribution is -0.277. The number of hydrogen-bond acceptors (Lipinski definition) is 7. The summed E-state index contributed by atoms with van der Waals surface area (Å²) in [5.74, 6) is 0.510. The Kier molecular flexibility index (Phi) is 7.46. The van der Waals surface area contributed by atoms with Crippen molar-refractivity contribution in [2.75, 3.05) is 13.2 Å². The van der Waals surface area contributed by atoms with Crippen LogP contribution in [0.25, 0.3) is 0 Å². The topological polar surface area (TPSA) is 120 Å². The maximum atomic E-state index is 10.3. The van der Waals surface area contributed by atoms with E-state index in [9.17, 15) is 20.4 Å². The van der Waals surface area contributed by atoms with Gasteiger partial charge in [0.05, 0.1) is 6.61 Å². The number of hydrogen-bond donors (Lipinski definition) is 5. The van der Waals surface area contributed by atoms with E-state index < -0.39 is 37.3 Å². The average molecular weight is 418 g/mol. The van der Waals surface area contributed by atoms with Gasteiger partial charge in [-0.25, -0.2) is 0 Å². The summed E-state index contributed by atoms with van der Waals surface area (Å²) in [5, 5.41) is 48.8.